The molecule has 0 spiro atoms. The first-order valence-electron chi connectivity index (χ1n) is 6.85. The summed E-state index contributed by atoms with van der Waals surface area (Å²) in [4.78, 5) is 0. The van der Waals surface area contributed by atoms with E-state index in [1.807, 2.05) is 20.8 Å². The molecule has 0 bridgehead atoms. The number of alkyl halides is 3. The zero-order valence-electron chi connectivity index (χ0n) is 12.1. The fraction of sp³-hybridized carbons (Fsp3) is 0.600. The normalized spacial score (nSPS) is 14.9. The summed E-state index contributed by atoms with van der Waals surface area (Å²) in [7, 11) is 0. The highest BCUT2D eigenvalue weighted by Gasteiger charge is 2.32. The third-order valence-corrected chi connectivity index (χ3v) is 3.60. The molecule has 0 amide bonds. The molecule has 1 aromatic carbocycles. The first-order chi connectivity index (χ1) is 9.31. The molecule has 0 heterocycles. The molecule has 2 unspecified atom stereocenters. The molecule has 0 fully saturated rings. The number of hydrogen-bond donors (Lipinski definition) is 1. The Morgan fingerprint density at radius 1 is 1.25 bits per heavy atom. The summed E-state index contributed by atoms with van der Waals surface area (Å²) in [5, 5.41) is 0. The third-order valence-electron chi connectivity index (χ3n) is 3.60. The molecule has 114 valence electrons. The van der Waals surface area contributed by atoms with Gasteiger partial charge in [-0.2, -0.15) is 13.2 Å². The Morgan fingerprint density at radius 3 is 2.40 bits per heavy atom. The summed E-state index contributed by atoms with van der Waals surface area (Å²) >= 11 is 0. The van der Waals surface area contributed by atoms with E-state index in [1.165, 1.54) is 12.1 Å². The van der Waals surface area contributed by atoms with E-state index in [2.05, 4.69) is 0 Å². The van der Waals surface area contributed by atoms with Crippen molar-refractivity contribution in [3.63, 3.8) is 0 Å². The average Bonchev–Trinajstić information content (AvgIpc) is 2.37. The maximum absolute atomic E-state index is 12.8. The van der Waals surface area contributed by atoms with Crippen LogP contribution in [0.1, 0.15) is 44.2 Å². The fourth-order valence-corrected chi connectivity index (χ4v) is 2.19. The first kappa shape index (κ1) is 16.8. The lowest BCUT2D eigenvalue weighted by Gasteiger charge is -2.23. The van der Waals surface area contributed by atoms with Crippen molar-refractivity contribution in [1.82, 2.24) is 0 Å². The highest BCUT2D eigenvalue weighted by atomic mass is 19.4. The van der Waals surface area contributed by atoms with Gasteiger partial charge in [0.05, 0.1) is 12.2 Å². The first-order valence-corrected chi connectivity index (χ1v) is 6.85. The van der Waals surface area contributed by atoms with Crippen LogP contribution in [0.15, 0.2) is 18.2 Å². The van der Waals surface area contributed by atoms with E-state index in [0.29, 0.717) is 24.5 Å². The number of halogens is 3. The lowest BCUT2D eigenvalue weighted by molar-refractivity contribution is -0.137. The van der Waals surface area contributed by atoms with E-state index in [1.54, 1.807) is 0 Å². The quantitative estimate of drug-likeness (QED) is 0.852. The van der Waals surface area contributed by atoms with Crippen LogP contribution in [0.2, 0.25) is 0 Å². The van der Waals surface area contributed by atoms with Crippen molar-refractivity contribution in [2.45, 2.75) is 39.3 Å². The van der Waals surface area contributed by atoms with E-state index in [9.17, 15) is 13.2 Å². The predicted molar refractivity (Wildman–Crippen MR) is 73.9 cm³/mol. The lowest BCUT2D eigenvalue weighted by atomic mass is 9.85. The number of benzene rings is 1. The van der Waals surface area contributed by atoms with Crippen molar-refractivity contribution in [2.24, 2.45) is 11.7 Å². The molecule has 2 atom stereocenters. The molecule has 0 aliphatic heterocycles. The van der Waals surface area contributed by atoms with Gasteiger partial charge in [-0.1, -0.05) is 13.8 Å². The van der Waals surface area contributed by atoms with Gasteiger partial charge >= 0.3 is 6.18 Å². The Hall–Kier alpha value is -1.23. The van der Waals surface area contributed by atoms with Crippen molar-refractivity contribution < 1.29 is 17.9 Å². The second kappa shape index (κ2) is 6.97. The Morgan fingerprint density at radius 2 is 1.90 bits per heavy atom. The van der Waals surface area contributed by atoms with E-state index < -0.39 is 11.7 Å². The van der Waals surface area contributed by atoms with Crippen LogP contribution in [0, 0.1) is 5.92 Å². The minimum absolute atomic E-state index is 0.0394. The molecule has 0 saturated carbocycles. The molecule has 5 heteroatoms. The molecule has 2 N–H and O–H groups in total. The van der Waals surface area contributed by atoms with Gasteiger partial charge < -0.3 is 10.5 Å². The van der Waals surface area contributed by atoms with E-state index in [0.717, 1.165) is 12.5 Å². The van der Waals surface area contributed by atoms with Gasteiger partial charge in [0.15, 0.2) is 0 Å². The molecule has 1 rings (SSSR count). The van der Waals surface area contributed by atoms with Gasteiger partial charge in [-0.25, -0.2) is 0 Å². The van der Waals surface area contributed by atoms with E-state index in [-0.39, 0.29) is 11.8 Å². The summed E-state index contributed by atoms with van der Waals surface area (Å²) in [6, 6.07) is 3.67. The third kappa shape index (κ3) is 4.13. The highest BCUT2D eigenvalue weighted by molar-refractivity contribution is 5.40. The van der Waals surface area contributed by atoms with Crippen LogP contribution in [-0.2, 0) is 6.18 Å². The molecule has 0 aromatic heterocycles. The van der Waals surface area contributed by atoms with E-state index >= 15 is 0 Å². The monoisotopic (exact) mass is 289 g/mol. The number of nitrogens with two attached hydrogens (primary N) is 1. The molecule has 0 aliphatic rings. The molecular weight excluding hydrogens is 267 g/mol. The maximum Gasteiger partial charge on any atom is 0.416 e. The summed E-state index contributed by atoms with van der Waals surface area (Å²) in [5.41, 5.74) is 5.49. The molecule has 0 saturated heterocycles. The van der Waals surface area contributed by atoms with Gasteiger partial charge in [-0.05, 0) is 55.5 Å². The highest BCUT2D eigenvalue weighted by Crippen LogP contribution is 2.38. The summed E-state index contributed by atoms with van der Waals surface area (Å²) in [6.07, 6.45) is -3.57. The van der Waals surface area contributed by atoms with Crippen LogP contribution in [0.25, 0.3) is 0 Å². The SMILES string of the molecule is CCOc1ccc(C(F)(F)F)cc1C(C)C(C)CCN. The molecular formula is C15H22F3NO. The standard InChI is InChI=1S/C15H22F3NO/c1-4-20-14-6-5-12(15(16,17)18)9-13(14)11(3)10(2)7-8-19/h5-6,9-11H,4,7-8,19H2,1-3H3. The van der Waals surface area contributed by atoms with Crippen molar-refractivity contribution in [1.29, 1.82) is 0 Å². The van der Waals surface area contributed by atoms with Gasteiger partial charge in [0.1, 0.15) is 5.75 Å². The average molecular weight is 289 g/mol. The smallest absolute Gasteiger partial charge is 0.416 e. The lowest BCUT2D eigenvalue weighted by Crippen LogP contribution is -2.14. The Balaban J connectivity index is 3.17. The van der Waals surface area contributed by atoms with Gasteiger partial charge in [-0.15, -0.1) is 0 Å². The van der Waals surface area contributed by atoms with Gasteiger partial charge in [0, 0.05) is 0 Å². The summed E-state index contributed by atoms with van der Waals surface area (Å²) in [5.74, 6) is 0.682. The Kier molecular flexibility index (Phi) is 5.87. The van der Waals surface area contributed by atoms with Crippen LogP contribution in [0.3, 0.4) is 0 Å². The van der Waals surface area contributed by atoms with Crippen LogP contribution in [-0.4, -0.2) is 13.2 Å². The van der Waals surface area contributed by atoms with Gasteiger partial charge in [0.2, 0.25) is 0 Å². The molecule has 0 radical (unpaired) electrons. The Labute approximate surface area is 118 Å². The largest absolute Gasteiger partial charge is 0.494 e. The molecule has 2 nitrogen and oxygen atoms in total. The predicted octanol–water partition coefficient (Wildman–Crippen LogP) is 4.19. The molecule has 1 aromatic rings. The molecule has 0 aliphatic carbocycles. The zero-order valence-corrected chi connectivity index (χ0v) is 12.1. The van der Waals surface area contributed by atoms with Crippen molar-refractivity contribution in [3.05, 3.63) is 29.3 Å². The number of ether oxygens (including phenoxy) is 1. The summed E-state index contributed by atoms with van der Waals surface area (Å²) in [6.45, 7) is 6.67. The number of rotatable bonds is 6. The summed E-state index contributed by atoms with van der Waals surface area (Å²) < 4.78 is 44.0. The topological polar surface area (TPSA) is 35.2 Å². The van der Waals surface area contributed by atoms with Gasteiger partial charge in [0.25, 0.3) is 0 Å². The minimum Gasteiger partial charge on any atom is -0.494 e. The van der Waals surface area contributed by atoms with Crippen LogP contribution in [0.4, 0.5) is 13.2 Å². The van der Waals surface area contributed by atoms with E-state index in [4.69, 9.17) is 10.5 Å². The maximum atomic E-state index is 12.8. The fourth-order valence-electron chi connectivity index (χ4n) is 2.19. The van der Waals surface area contributed by atoms with Crippen LogP contribution < -0.4 is 10.5 Å². The van der Waals surface area contributed by atoms with Crippen LogP contribution in [0.5, 0.6) is 5.75 Å². The second-order valence-corrected chi connectivity index (χ2v) is 5.03. The van der Waals surface area contributed by atoms with Crippen molar-refractivity contribution in [2.75, 3.05) is 13.2 Å². The molecule has 20 heavy (non-hydrogen) atoms. The Bertz CT molecular complexity index is 432. The number of hydrogen-bond acceptors (Lipinski definition) is 2. The van der Waals surface area contributed by atoms with Crippen molar-refractivity contribution >= 4 is 0 Å². The van der Waals surface area contributed by atoms with Gasteiger partial charge in [-0.3, -0.25) is 0 Å². The minimum atomic E-state index is -4.34. The van der Waals surface area contributed by atoms with Crippen molar-refractivity contribution in [3.8, 4) is 5.75 Å². The second-order valence-electron chi connectivity index (χ2n) is 5.03. The van der Waals surface area contributed by atoms with Crippen LogP contribution >= 0.6 is 0 Å². The zero-order chi connectivity index (χ0) is 15.3.